The fraction of sp³-hybridized carbons (Fsp3) is 0.286. The van der Waals surface area contributed by atoms with Gasteiger partial charge in [0.25, 0.3) is 0 Å². The Labute approximate surface area is 120 Å². The van der Waals surface area contributed by atoms with E-state index >= 15 is 0 Å². The van der Waals surface area contributed by atoms with Gasteiger partial charge in [-0.25, -0.2) is 9.66 Å². The SMILES string of the molecule is CCc1nccn1/N=C/c1ccc(N(C)C)cc1.Cl. The third-order valence-electron chi connectivity index (χ3n) is 2.75. The van der Waals surface area contributed by atoms with Crippen LogP contribution < -0.4 is 4.90 Å². The van der Waals surface area contributed by atoms with Crippen molar-refractivity contribution >= 4 is 24.3 Å². The van der Waals surface area contributed by atoms with E-state index in [1.807, 2.05) is 26.5 Å². The molecule has 5 heteroatoms. The second-order valence-electron chi connectivity index (χ2n) is 4.27. The first-order chi connectivity index (χ1) is 8.70. The van der Waals surface area contributed by atoms with Gasteiger partial charge in [0.05, 0.1) is 6.21 Å². The molecule has 2 aromatic rings. The van der Waals surface area contributed by atoms with E-state index in [-0.39, 0.29) is 12.4 Å². The largest absolute Gasteiger partial charge is 0.378 e. The summed E-state index contributed by atoms with van der Waals surface area (Å²) in [5.41, 5.74) is 2.26. The van der Waals surface area contributed by atoms with E-state index in [0.717, 1.165) is 17.8 Å². The van der Waals surface area contributed by atoms with Gasteiger partial charge in [-0.15, -0.1) is 12.4 Å². The van der Waals surface area contributed by atoms with Gasteiger partial charge in [-0.3, -0.25) is 0 Å². The Morgan fingerprint density at radius 3 is 2.53 bits per heavy atom. The van der Waals surface area contributed by atoms with Gasteiger partial charge in [-0.05, 0) is 17.7 Å². The van der Waals surface area contributed by atoms with Gasteiger partial charge in [0.2, 0.25) is 0 Å². The van der Waals surface area contributed by atoms with Crippen molar-refractivity contribution in [2.45, 2.75) is 13.3 Å². The van der Waals surface area contributed by atoms with Gasteiger partial charge < -0.3 is 4.90 Å². The Morgan fingerprint density at radius 2 is 1.95 bits per heavy atom. The standard InChI is InChI=1S/C14H18N4.ClH/c1-4-14-15-9-10-18(14)16-11-12-5-7-13(8-6-12)17(2)3;/h5-11H,4H2,1-3H3;1H/b16-11+;. The number of imidazole rings is 1. The molecule has 2 rings (SSSR count). The highest BCUT2D eigenvalue weighted by molar-refractivity contribution is 5.85. The lowest BCUT2D eigenvalue weighted by molar-refractivity contribution is 0.788. The van der Waals surface area contributed by atoms with Crippen LogP contribution in [0.5, 0.6) is 0 Å². The summed E-state index contributed by atoms with van der Waals surface area (Å²) in [5, 5.41) is 4.40. The minimum absolute atomic E-state index is 0. The average molecular weight is 279 g/mol. The molecule has 0 amide bonds. The molecule has 0 aliphatic heterocycles. The summed E-state index contributed by atoms with van der Waals surface area (Å²) in [6, 6.07) is 8.27. The molecule has 0 aliphatic carbocycles. The van der Waals surface area contributed by atoms with Crippen molar-refractivity contribution in [3.05, 3.63) is 48.0 Å². The van der Waals surface area contributed by atoms with Crippen molar-refractivity contribution in [1.29, 1.82) is 0 Å². The Bertz CT molecular complexity index is 529. The molecule has 4 nitrogen and oxygen atoms in total. The van der Waals surface area contributed by atoms with Gasteiger partial charge in [0.1, 0.15) is 5.82 Å². The number of hydrogen-bond acceptors (Lipinski definition) is 3. The molecular formula is C14H19ClN4. The molecule has 0 fully saturated rings. The number of aryl methyl sites for hydroxylation is 1. The molecule has 102 valence electrons. The van der Waals surface area contributed by atoms with Crippen molar-refractivity contribution in [3.63, 3.8) is 0 Å². The van der Waals surface area contributed by atoms with Gasteiger partial charge in [-0.1, -0.05) is 19.1 Å². The third-order valence-corrected chi connectivity index (χ3v) is 2.75. The topological polar surface area (TPSA) is 33.4 Å². The summed E-state index contributed by atoms with van der Waals surface area (Å²) in [6.45, 7) is 2.07. The predicted octanol–water partition coefficient (Wildman–Crippen LogP) is 2.82. The molecule has 0 spiro atoms. The zero-order valence-electron chi connectivity index (χ0n) is 11.4. The van der Waals surface area contributed by atoms with E-state index in [1.165, 1.54) is 5.69 Å². The Balaban J connectivity index is 0.00000180. The highest BCUT2D eigenvalue weighted by atomic mass is 35.5. The smallest absolute Gasteiger partial charge is 0.129 e. The van der Waals surface area contributed by atoms with Crippen molar-refractivity contribution in [1.82, 2.24) is 9.66 Å². The van der Waals surface area contributed by atoms with Gasteiger partial charge in [0, 0.05) is 38.6 Å². The molecule has 0 saturated carbocycles. The summed E-state index contributed by atoms with van der Waals surface area (Å²) in [6.07, 6.45) is 6.36. The average Bonchev–Trinajstić information content (AvgIpc) is 2.84. The monoisotopic (exact) mass is 278 g/mol. The molecule has 0 saturated heterocycles. The van der Waals surface area contributed by atoms with Crippen LogP contribution in [0.3, 0.4) is 0 Å². The quantitative estimate of drug-likeness (QED) is 0.806. The fourth-order valence-corrected chi connectivity index (χ4v) is 1.67. The number of anilines is 1. The van der Waals surface area contributed by atoms with Gasteiger partial charge in [-0.2, -0.15) is 5.10 Å². The van der Waals surface area contributed by atoms with E-state index in [0.29, 0.717) is 0 Å². The molecule has 0 radical (unpaired) electrons. The van der Waals surface area contributed by atoms with Crippen LogP contribution in [0.2, 0.25) is 0 Å². The second-order valence-corrected chi connectivity index (χ2v) is 4.27. The summed E-state index contributed by atoms with van der Waals surface area (Å²) in [5.74, 6) is 0.969. The first kappa shape index (κ1) is 15.2. The van der Waals surface area contributed by atoms with Gasteiger partial charge >= 0.3 is 0 Å². The van der Waals surface area contributed by atoms with Crippen LogP contribution in [0.25, 0.3) is 0 Å². The molecule has 0 unspecified atom stereocenters. The lowest BCUT2D eigenvalue weighted by Crippen LogP contribution is -2.08. The van der Waals surface area contributed by atoms with Gasteiger partial charge in [0.15, 0.2) is 0 Å². The van der Waals surface area contributed by atoms with Crippen molar-refractivity contribution < 1.29 is 0 Å². The lowest BCUT2D eigenvalue weighted by atomic mass is 10.2. The fourth-order valence-electron chi connectivity index (χ4n) is 1.67. The number of halogens is 1. The molecular weight excluding hydrogens is 260 g/mol. The first-order valence-electron chi connectivity index (χ1n) is 6.04. The Kier molecular flexibility index (Phi) is 5.57. The van der Waals surface area contributed by atoms with Crippen LogP contribution in [0.15, 0.2) is 41.8 Å². The van der Waals surface area contributed by atoms with E-state index < -0.39 is 0 Å². The number of hydrogen-bond donors (Lipinski definition) is 0. The predicted molar refractivity (Wildman–Crippen MR) is 82.6 cm³/mol. The molecule has 0 aliphatic rings. The second kappa shape index (κ2) is 6.95. The van der Waals surface area contributed by atoms with E-state index in [2.05, 4.69) is 46.2 Å². The maximum absolute atomic E-state index is 4.40. The first-order valence-corrected chi connectivity index (χ1v) is 6.04. The maximum Gasteiger partial charge on any atom is 0.129 e. The van der Waals surface area contributed by atoms with Crippen molar-refractivity contribution in [3.8, 4) is 0 Å². The zero-order valence-corrected chi connectivity index (χ0v) is 12.3. The van der Waals surface area contributed by atoms with Crippen LogP contribution >= 0.6 is 12.4 Å². The highest BCUT2D eigenvalue weighted by Gasteiger charge is 1.97. The highest BCUT2D eigenvalue weighted by Crippen LogP contribution is 2.11. The molecule has 19 heavy (non-hydrogen) atoms. The summed E-state index contributed by atoms with van der Waals surface area (Å²) in [4.78, 5) is 6.30. The molecule has 1 heterocycles. The van der Waals surface area contributed by atoms with Crippen LogP contribution in [0, 0.1) is 0 Å². The summed E-state index contributed by atoms with van der Waals surface area (Å²) < 4.78 is 1.81. The third kappa shape index (κ3) is 3.83. The Morgan fingerprint density at radius 1 is 1.26 bits per heavy atom. The van der Waals surface area contributed by atoms with E-state index in [9.17, 15) is 0 Å². The van der Waals surface area contributed by atoms with Crippen LogP contribution in [-0.4, -0.2) is 30.0 Å². The number of rotatable bonds is 4. The summed E-state index contributed by atoms with van der Waals surface area (Å²) in [7, 11) is 4.06. The number of benzene rings is 1. The van der Waals surface area contributed by atoms with E-state index in [4.69, 9.17) is 0 Å². The zero-order chi connectivity index (χ0) is 13.0. The lowest BCUT2D eigenvalue weighted by Gasteiger charge is -2.11. The van der Waals surface area contributed by atoms with Crippen LogP contribution in [-0.2, 0) is 6.42 Å². The molecule has 0 bridgehead atoms. The van der Waals surface area contributed by atoms with Crippen molar-refractivity contribution in [2.75, 3.05) is 19.0 Å². The Hall–Kier alpha value is -1.81. The number of nitrogens with zero attached hydrogens (tertiary/aromatic N) is 4. The molecule has 1 aromatic heterocycles. The molecule has 0 N–H and O–H groups in total. The summed E-state index contributed by atoms with van der Waals surface area (Å²) >= 11 is 0. The van der Waals surface area contributed by atoms with Crippen molar-refractivity contribution in [2.24, 2.45) is 5.10 Å². The molecule has 1 aromatic carbocycles. The van der Waals surface area contributed by atoms with E-state index in [1.54, 1.807) is 10.9 Å². The minimum Gasteiger partial charge on any atom is -0.378 e. The molecule has 0 atom stereocenters. The minimum atomic E-state index is 0. The number of aromatic nitrogens is 2. The normalized spacial score (nSPS) is 10.5. The maximum atomic E-state index is 4.40. The van der Waals surface area contributed by atoms with Crippen LogP contribution in [0.4, 0.5) is 5.69 Å². The van der Waals surface area contributed by atoms with Crippen LogP contribution in [0.1, 0.15) is 18.3 Å².